The molecule has 0 bridgehead atoms. The van der Waals surface area contributed by atoms with Crippen LogP contribution in [0.2, 0.25) is 0 Å². The second kappa shape index (κ2) is 19.2. The van der Waals surface area contributed by atoms with Crippen molar-refractivity contribution in [3.63, 3.8) is 0 Å². The third-order valence-electron chi connectivity index (χ3n) is 9.58. The smallest absolute Gasteiger partial charge is 0.464 e. The van der Waals surface area contributed by atoms with Crippen LogP contribution < -0.4 is 15.3 Å². The lowest BCUT2D eigenvalue weighted by molar-refractivity contribution is -0.147. The van der Waals surface area contributed by atoms with Crippen LogP contribution >= 0.6 is 7.75 Å². The van der Waals surface area contributed by atoms with Crippen molar-refractivity contribution in [2.75, 3.05) is 18.9 Å². The van der Waals surface area contributed by atoms with Crippen LogP contribution in [0, 0.1) is 24.3 Å². The second-order valence-corrected chi connectivity index (χ2v) is 15.0. The van der Waals surface area contributed by atoms with Crippen molar-refractivity contribution in [1.82, 2.24) is 24.6 Å². The number of nitrogens with zero attached hydrogens (tertiary/aromatic N) is 4. The number of anilines is 1. The van der Waals surface area contributed by atoms with E-state index < -0.39 is 62.6 Å². The molecule has 2 aromatic carbocycles. The highest BCUT2D eigenvalue weighted by molar-refractivity contribution is 7.52. The standard InChI is InChI=1S/C39H48FN6O9P/c1-6-26(7-2)23-50-36(47)30(21-27-17-13-11-14-18-27)45-56(49,55-29-19-15-12-16-20-29)51-24-39(10-5)31(53-38(48)52-28(8-3)9-4)22-32(54-39)46-25-42-33-34(41)43-37(40)44-35(33)46/h5,11-20,25-26,28,30-32H,6-9,21-24H2,1-4H3,(H,45,49)(H2,41,43,44)/t30-,31-,32+,39+,56-/m0/s1. The molecule has 1 saturated heterocycles. The topological polar surface area (TPSA) is 188 Å². The number of aromatic nitrogens is 4. The molecule has 3 heterocycles. The summed E-state index contributed by atoms with van der Waals surface area (Å²) in [7, 11) is -4.59. The molecule has 0 aliphatic carbocycles. The number of nitrogens with one attached hydrogen (secondary N) is 1. The zero-order chi connectivity index (χ0) is 40.3. The summed E-state index contributed by atoms with van der Waals surface area (Å²) in [6.07, 6.45) is 5.13. The zero-order valence-corrected chi connectivity index (χ0v) is 32.7. The fourth-order valence-electron chi connectivity index (χ4n) is 6.14. The van der Waals surface area contributed by atoms with Gasteiger partial charge in [0.05, 0.1) is 12.9 Å². The highest BCUT2D eigenvalue weighted by Gasteiger charge is 2.54. The molecule has 15 nitrogen and oxygen atoms in total. The lowest BCUT2D eigenvalue weighted by Gasteiger charge is -2.31. The van der Waals surface area contributed by atoms with Gasteiger partial charge in [-0.15, -0.1) is 6.42 Å². The van der Waals surface area contributed by atoms with Gasteiger partial charge in [0.2, 0.25) is 0 Å². The molecule has 1 aliphatic rings. The molecule has 0 saturated carbocycles. The van der Waals surface area contributed by atoms with E-state index in [9.17, 15) is 18.5 Å². The van der Waals surface area contributed by atoms with Gasteiger partial charge >= 0.3 is 25.9 Å². The monoisotopic (exact) mass is 794 g/mol. The van der Waals surface area contributed by atoms with Crippen LogP contribution in [0.4, 0.5) is 15.0 Å². The van der Waals surface area contributed by atoms with Crippen LogP contribution in [0.25, 0.3) is 11.2 Å². The number of esters is 1. The third kappa shape index (κ3) is 10.4. The van der Waals surface area contributed by atoms with Gasteiger partial charge in [-0.2, -0.15) is 19.4 Å². The molecule has 5 atom stereocenters. The average molecular weight is 795 g/mol. The maximum Gasteiger partial charge on any atom is 0.508 e. The molecule has 0 spiro atoms. The summed E-state index contributed by atoms with van der Waals surface area (Å²) in [6.45, 7) is 7.20. The number of hydrogen-bond donors (Lipinski definition) is 2. The van der Waals surface area contributed by atoms with Crippen molar-refractivity contribution >= 4 is 36.9 Å². The van der Waals surface area contributed by atoms with E-state index in [1.165, 1.54) is 10.9 Å². The summed E-state index contributed by atoms with van der Waals surface area (Å²) >= 11 is 0. The molecule has 0 amide bonds. The second-order valence-electron chi connectivity index (χ2n) is 13.3. The molecule has 56 heavy (non-hydrogen) atoms. The van der Waals surface area contributed by atoms with E-state index in [1.807, 2.05) is 58.0 Å². The lowest BCUT2D eigenvalue weighted by atomic mass is 9.99. The predicted molar refractivity (Wildman–Crippen MR) is 204 cm³/mol. The van der Waals surface area contributed by atoms with Crippen LogP contribution in [0.3, 0.4) is 0 Å². The minimum Gasteiger partial charge on any atom is -0.464 e. The first-order valence-corrected chi connectivity index (χ1v) is 20.1. The van der Waals surface area contributed by atoms with Gasteiger partial charge in [-0.3, -0.25) is 13.9 Å². The number of nitrogen functional groups attached to an aromatic ring is 1. The van der Waals surface area contributed by atoms with Crippen LogP contribution in [-0.4, -0.2) is 68.7 Å². The number of imidazole rings is 1. The van der Waals surface area contributed by atoms with E-state index >= 15 is 0 Å². The quantitative estimate of drug-likeness (QED) is 0.0430. The number of nitrogens with two attached hydrogens (primary N) is 1. The molecular formula is C39H48FN6O9P. The number of carbonyl (C=O) groups excluding carboxylic acids is 2. The Labute approximate surface area is 325 Å². The molecule has 2 aromatic heterocycles. The summed E-state index contributed by atoms with van der Waals surface area (Å²) in [6, 6.07) is 16.1. The Bertz CT molecular complexity index is 2010. The number of rotatable bonds is 19. The number of para-hydroxylation sites is 1. The predicted octanol–water partition coefficient (Wildman–Crippen LogP) is 6.93. The van der Waals surface area contributed by atoms with Crippen molar-refractivity contribution in [3.8, 4) is 18.1 Å². The number of ether oxygens (including phenoxy) is 4. The number of carbonyl (C=O) groups is 2. The van der Waals surface area contributed by atoms with Crippen LogP contribution in [0.5, 0.6) is 5.75 Å². The Morgan fingerprint density at radius 2 is 1.75 bits per heavy atom. The average Bonchev–Trinajstić information content (AvgIpc) is 3.78. The summed E-state index contributed by atoms with van der Waals surface area (Å²) in [5.41, 5.74) is 4.78. The van der Waals surface area contributed by atoms with E-state index in [-0.39, 0.29) is 48.1 Å². The fourth-order valence-corrected chi connectivity index (χ4v) is 7.66. The first-order valence-electron chi connectivity index (χ1n) is 18.6. The molecule has 1 aliphatic heterocycles. The summed E-state index contributed by atoms with van der Waals surface area (Å²) in [4.78, 5) is 38.5. The molecule has 17 heteroatoms. The molecule has 1 fully saturated rings. The van der Waals surface area contributed by atoms with E-state index in [0.29, 0.717) is 12.8 Å². The number of halogens is 1. The minimum absolute atomic E-state index is 0.0116. The van der Waals surface area contributed by atoms with Gasteiger partial charge in [0, 0.05) is 6.42 Å². The molecule has 0 radical (unpaired) electrons. The van der Waals surface area contributed by atoms with Gasteiger partial charge < -0.3 is 29.2 Å². The fraction of sp³-hybridized carbons (Fsp3) is 0.462. The van der Waals surface area contributed by atoms with Gasteiger partial charge in [0.1, 0.15) is 30.7 Å². The van der Waals surface area contributed by atoms with Crippen molar-refractivity contribution in [1.29, 1.82) is 0 Å². The van der Waals surface area contributed by atoms with Crippen LogP contribution in [-0.2, 0) is 39.3 Å². The number of terminal acetylenes is 1. The van der Waals surface area contributed by atoms with Crippen molar-refractivity contribution in [2.45, 2.75) is 96.3 Å². The Morgan fingerprint density at radius 3 is 2.39 bits per heavy atom. The number of hydrogen-bond acceptors (Lipinski definition) is 13. The Morgan fingerprint density at radius 1 is 1.07 bits per heavy atom. The largest absolute Gasteiger partial charge is 0.508 e. The van der Waals surface area contributed by atoms with Gasteiger partial charge in [0.15, 0.2) is 28.7 Å². The Balaban J connectivity index is 1.49. The van der Waals surface area contributed by atoms with E-state index in [2.05, 4.69) is 26.0 Å². The number of fused-ring (bicyclic) bond motifs is 1. The third-order valence-corrected chi connectivity index (χ3v) is 11.1. The van der Waals surface area contributed by atoms with E-state index in [4.69, 9.17) is 40.2 Å². The van der Waals surface area contributed by atoms with E-state index in [1.54, 1.807) is 30.3 Å². The molecule has 5 rings (SSSR count). The summed E-state index contributed by atoms with van der Waals surface area (Å²) in [5.74, 6) is 1.94. The Kier molecular flexibility index (Phi) is 14.4. The van der Waals surface area contributed by atoms with Gasteiger partial charge in [-0.25, -0.2) is 14.3 Å². The minimum atomic E-state index is -4.59. The lowest BCUT2D eigenvalue weighted by Crippen LogP contribution is -2.46. The SMILES string of the molecule is C#C[C@]1(CO[P@@](=O)(N[C@@H](Cc2ccccc2)C(=O)OCC(CC)CC)Oc2ccccc2)O[C@@H](n2cnc3c(N)nc(F)nc32)C[C@@H]1OC(=O)OC(CC)CC. The normalized spacial score (nSPS) is 19.7. The maximum absolute atomic E-state index is 15.0. The van der Waals surface area contributed by atoms with Crippen LogP contribution in [0.1, 0.15) is 71.6 Å². The first kappa shape index (κ1) is 42.1. The van der Waals surface area contributed by atoms with Gasteiger partial charge in [-0.05, 0) is 42.9 Å². The molecule has 300 valence electrons. The van der Waals surface area contributed by atoms with Gasteiger partial charge in [0.25, 0.3) is 0 Å². The molecule has 3 N–H and O–H groups in total. The molecular weight excluding hydrogens is 746 g/mol. The highest BCUT2D eigenvalue weighted by atomic mass is 31.2. The van der Waals surface area contributed by atoms with Crippen LogP contribution in [0.15, 0.2) is 67.0 Å². The van der Waals surface area contributed by atoms with E-state index in [0.717, 1.165) is 18.4 Å². The maximum atomic E-state index is 15.0. The zero-order valence-electron chi connectivity index (χ0n) is 31.8. The van der Waals surface area contributed by atoms with Crippen molar-refractivity contribution in [3.05, 3.63) is 78.6 Å². The van der Waals surface area contributed by atoms with Gasteiger partial charge in [-0.1, -0.05) is 95.0 Å². The first-order chi connectivity index (χ1) is 26.9. The summed E-state index contributed by atoms with van der Waals surface area (Å²) in [5, 5.41) is 2.82. The summed E-state index contributed by atoms with van der Waals surface area (Å²) < 4.78 is 66.2. The van der Waals surface area contributed by atoms with Crippen molar-refractivity contribution in [2.24, 2.45) is 5.92 Å². The highest BCUT2D eigenvalue weighted by Crippen LogP contribution is 2.49. The molecule has 4 aromatic rings. The number of benzene rings is 2. The van der Waals surface area contributed by atoms with Crippen molar-refractivity contribution < 1.29 is 46.5 Å². The Hall–Kier alpha value is -5.07. The molecule has 0 unspecified atom stereocenters.